The van der Waals surface area contributed by atoms with E-state index in [4.69, 9.17) is 8.83 Å². The number of likely N-dealkylation sites (tertiary alicyclic amines) is 1. The van der Waals surface area contributed by atoms with Gasteiger partial charge in [-0.25, -0.2) is 4.79 Å². The normalized spacial score (nSPS) is 20.5. The number of hydrogen-bond donors (Lipinski definition) is 0. The first kappa shape index (κ1) is 23.5. The number of carbonyl (C=O) groups is 1. The number of amides is 1. The van der Waals surface area contributed by atoms with Gasteiger partial charge in [-0.2, -0.15) is 0 Å². The second kappa shape index (κ2) is 8.72. The van der Waals surface area contributed by atoms with Crippen molar-refractivity contribution in [2.75, 3.05) is 13.1 Å². The Morgan fingerprint density at radius 3 is 2.66 bits per heavy atom. The van der Waals surface area contributed by atoms with Crippen LogP contribution in [0.4, 0.5) is 0 Å². The fraction of sp³-hybridized carbons (Fsp3) is 0.452. The minimum Gasteiger partial charge on any atom is -0.460 e. The van der Waals surface area contributed by atoms with E-state index in [1.54, 1.807) is 6.07 Å². The molecule has 1 fully saturated rings. The quantitative estimate of drug-likeness (QED) is 0.369. The van der Waals surface area contributed by atoms with Crippen molar-refractivity contribution in [1.29, 1.82) is 0 Å². The lowest BCUT2D eigenvalue weighted by molar-refractivity contribution is -0.133. The molecule has 38 heavy (non-hydrogen) atoms. The smallest absolute Gasteiger partial charge is 0.339 e. The predicted octanol–water partition coefficient (Wildman–Crippen LogP) is 4.78. The topological polar surface area (TPSA) is 85.7 Å². The van der Waals surface area contributed by atoms with Gasteiger partial charge in [0.25, 0.3) is 5.56 Å². The van der Waals surface area contributed by atoms with Crippen LogP contribution in [-0.2, 0) is 30.6 Å². The van der Waals surface area contributed by atoms with Gasteiger partial charge in [0, 0.05) is 77.6 Å². The largest absolute Gasteiger partial charge is 0.460 e. The first-order chi connectivity index (χ1) is 18.4. The highest BCUT2D eigenvalue weighted by Gasteiger charge is 2.36. The van der Waals surface area contributed by atoms with Crippen molar-refractivity contribution in [1.82, 2.24) is 9.47 Å². The summed E-state index contributed by atoms with van der Waals surface area (Å²) in [6.07, 6.45) is 5.90. The van der Waals surface area contributed by atoms with Gasteiger partial charge >= 0.3 is 5.63 Å². The van der Waals surface area contributed by atoms with Gasteiger partial charge in [0.05, 0.1) is 0 Å². The van der Waals surface area contributed by atoms with E-state index in [1.807, 2.05) is 35.4 Å². The average Bonchev–Trinajstić information content (AvgIpc) is 3.29. The van der Waals surface area contributed by atoms with Crippen LogP contribution in [0.3, 0.4) is 0 Å². The summed E-state index contributed by atoms with van der Waals surface area (Å²) in [5.41, 5.74) is 5.74. The summed E-state index contributed by atoms with van der Waals surface area (Å²) in [6, 6.07) is 7.56. The van der Waals surface area contributed by atoms with Crippen molar-refractivity contribution in [2.24, 2.45) is 5.92 Å². The number of nitrogens with zero attached hydrogens (tertiary/aromatic N) is 2. The molecule has 2 aliphatic heterocycles. The molecule has 0 spiro atoms. The van der Waals surface area contributed by atoms with Crippen LogP contribution in [0.1, 0.15) is 65.3 Å². The SMILES string of the molecule is Cc1c(CCC(=O)N2C[C@@H]3C[C@H](C2)c2cccc(=O)n2C3)c(=O)oc2c(C)c3oc4c(c3cc12)CCCC4. The van der Waals surface area contributed by atoms with Gasteiger partial charge in [0.15, 0.2) is 0 Å². The van der Waals surface area contributed by atoms with Gasteiger partial charge in [-0.05, 0) is 69.6 Å². The van der Waals surface area contributed by atoms with E-state index < -0.39 is 0 Å². The van der Waals surface area contributed by atoms with Gasteiger partial charge in [0.2, 0.25) is 5.91 Å². The summed E-state index contributed by atoms with van der Waals surface area (Å²) in [7, 11) is 0. The van der Waals surface area contributed by atoms with Crippen LogP contribution in [0.15, 0.2) is 42.7 Å². The standard InChI is InChI=1S/C31H32N2O5/c1-17-21(10-11-27(34)32-14-19-12-20(16-32)25-7-5-9-28(35)33(25)15-19)31(36)38-29-18(2)30-24(13-23(17)29)22-6-3-4-8-26(22)37-30/h5,7,9,13,19-20H,3-4,6,8,10-12,14-16H2,1-2H3/t19-,20+/m0/s1. The molecule has 2 atom stereocenters. The van der Waals surface area contributed by atoms with Crippen LogP contribution in [-0.4, -0.2) is 28.5 Å². The van der Waals surface area contributed by atoms with Gasteiger partial charge < -0.3 is 18.3 Å². The number of carbonyl (C=O) groups excluding carboxylic acids is 1. The molecule has 0 unspecified atom stereocenters. The highest BCUT2D eigenvalue weighted by molar-refractivity contribution is 6.00. The van der Waals surface area contributed by atoms with E-state index in [0.29, 0.717) is 37.2 Å². The molecule has 0 saturated carbocycles. The maximum absolute atomic E-state index is 13.3. The van der Waals surface area contributed by atoms with Crippen LogP contribution in [0.25, 0.3) is 21.9 Å². The third-order valence-electron chi connectivity index (χ3n) is 9.15. The van der Waals surface area contributed by atoms with E-state index in [9.17, 15) is 14.4 Å². The third kappa shape index (κ3) is 3.58. The van der Waals surface area contributed by atoms with Gasteiger partial charge in [-0.15, -0.1) is 0 Å². The molecule has 0 radical (unpaired) electrons. The molecule has 4 aromatic rings. The minimum absolute atomic E-state index is 0.0407. The number of aryl methyl sites for hydroxylation is 4. The third-order valence-corrected chi connectivity index (χ3v) is 9.15. The fourth-order valence-electron chi connectivity index (χ4n) is 7.20. The molecule has 196 valence electrons. The maximum Gasteiger partial charge on any atom is 0.339 e. The van der Waals surface area contributed by atoms with E-state index in [2.05, 4.69) is 6.07 Å². The zero-order valence-corrected chi connectivity index (χ0v) is 22.0. The van der Waals surface area contributed by atoms with E-state index in [-0.39, 0.29) is 35.3 Å². The lowest BCUT2D eigenvalue weighted by atomic mass is 9.83. The zero-order valence-electron chi connectivity index (χ0n) is 22.0. The van der Waals surface area contributed by atoms with Crippen molar-refractivity contribution in [2.45, 2.75) is 71.3 Å². The van der Waals surface area contributed by atoms with E-state index in [1.165, 1.54) is 5.56 Å². The van der Waals surface area contributed by atoms with Crippen molar-refractivity contribution >= 4 is 27.8 Å². The summed E-state index contributed by atoms with van der Waals surface area (Å²) >= 11 is 0. The number of hydrogen-bond acceptors (Lipinski definition) is 5. The number of benzene rings is 1. The summed E-state index contributed by atoms with van der Waals surface area (Å²) in [5.74, 6) is 1.58. The number of aromatic nitrogens is 1. The Balaban J connectivity index is 1.16. The molecule has 3 aliphatic rings. The Morgan fingerprint density at radius 2 is 1.79 bits per heavy atom. The van der Waals surface area contributed by atoms with Crippen LogP contribution >= 0.6 is 0 Å². The van der Waals surface area contributed by atoms with Crippen LogP contribution < -0.4 is 11.2 Å². The monoisotopic (exact) mass is 512 g/mol. The summed E-state index contributed by atoms with van der Waals surface area (Å²) in [5, 5.41) is 2.06. The second-order valence-electron chi connectivity index (χ2n) is 11.5. The number of pyridine rings is 1. The van der Waals surface area contributed by atoms with Crippen LogP contribution in [0.5, 0.6) is 0 Å². The van der Waals surface area contributed by atoms with E-state index >= 15 is 0 Å². The summed E-state index contributed by atoms with van der Waals surface area (Å²) in [4.78, 5) is 40.7. The number of fused-ring (bicyclic) bond motifs is 8. The molecule has 1 aliphatic carbocycles. The Kier molecular flexibility index (Phi) is 5.39. The van der Waals surface area contributed by atoms with Crippen molar-refractivity contribution in [3.63, 3.8) is 0 Å². The number of furan rings is 1. The van der Waals surface area contributed by atoms with Gasteiger partial charge in [0.1, 0.15) is 16.9 Å². The average molecular weight is 513 g/mol. The molecule has 1 aromatic carbocycles. The molecule has 2 bridgehead atoms. The molecular formula is C31H32N2O5. The molecule has 5 heterocycles. The highest BCUT2D eigenvalue weighted by Crippen LogP contribution is 2.38. The molecule has 7 heteroatoms. The molecule has 7 nitrogen and oxygen atoms in total. The maximum atomic E-state index is 13.3. The minimum atomic E-state index is -0.370. The van der Waals surface area contributed by atoms with Crippen molar-refractivity contribution < 1.29 is 13.6 Å². The van der Waals surface area contributed by atoms with Gasteiger partial charge in [-0.1, -0.05) is 6.07 Å². The summed E-state index contributed by atoms with van der Waals surface area (Å²) in [6.45, 7) is 5.87. The van der Waals surface area contributed by atoms with Crippen molar-refractivity contribution in [3.8, 4) is 0 Å². The Morgan fingerprint density at radius 1 is 0.974 bits per heavy atom. The highest BCUT2D eigenvalue weighted by atomic mass is 16.4. The lowest BCUT2D eigenvalue weighted by Gasteiger charge is -2.42. The molecular weight excluding hydrogens is 480 g/mol. The molecule has 0 N–H and O–H groups in total. The first-order valence-electron chi connectivity index (χ1n) is 13.9. The van der Waals surface area contributed by atoms with E-state index in [0.717, 1.165) is 71.0 Å². The Labute approximate surface area is 220 Å². The number of piperidine rings is 1. The number of rotatable bonds is 3. The molecule has 3 aromatic heterocycles. The fourth-order valence-corrected chi connectivity index (χ4v) is 7.20. The second-order valence-corrected chi connectivity index (χ2v) is 11.5. The lowest BCUT2D eigenvalue weighted by Crippen LogP contribution is -2.49. The Hall–Kier alpha value is -3.61. The Bertz CT molecular complexity index is 1740. The summed E-state index contributed by atoms with van der Waals surface area (Å²) < 4.78 is 14.0. The zero-order chi connectivity index (χ0) is 26.1. The first-order valence-corrected chi connectivity index (χ1v) is 13.9. The molecule has 7 rings (SSSR count). The molecule has 1 saturated heterocycles. The predicted molar refractivity (Wildman–Crippen MR) is 145 cm³/mol. The van der Waals surface area contributed by atoms with Crippen molar-refractivity contribution in [3.05, 3.63) is 78.7 Å². The van der Waals surface area contributed by atoms with Gasteiger partial charge in [-0.3, -0.25) is 9.59 Å². The van der Waals surface area contributed by atoms with Crippen LogP contribution in [0.2, 0.25) is 0 Å². The van der Waals surface area contributed by atoms with Crippen LogP contribution in [0, 0.1) is 19.8 Å². The molecule has 1 amide bonds.